The highest BCUT2D eigenvalue weighted by Crippen LogP contribution is 2.30. The molecule has 0 aromatic carbocycles. The van der Waals surface area contributed by atoms with Gasteiger partial charge in [-0.3, -0.25) is 15.1 Å². The third kappa shape index (κ3) is 3.88. The first-order valence-electron chi connectivity index (χ1n) is 9.55. The van der Waals surface area contributed by atoms with Crippen LogP contribution >= 0.6 is 0 Å². The fourth-order valence-electron chi connectivity index (χ4n) is 3.99. The first-order valence-corrected chi connectivity index (χ1v) is 9.55. The molecule has 0 bridgehead atoms. The van der Waals surface area contributed by atoms with Crippen LogP contribution in [0.2, 0.25) is 0 Å². The maximum atomic E-state index is 12.2. The van der Waals surface area contributed by atoms with Crippen LogP contribution in [0.25, 0.3) is 0 Å². The van der Waals surface area contributed by atoms with Crippen molar-refractivity contribution < 1.29 is 9.59 Å². The molecule has 3 rings (SSSR count). The Bertz CT molecular complexity index is 771. The van der Waals surface area contributed by atoms with Crippen LogP contribution in [0.1, 0.15) is 25.3 Å². The van der Waals surface area contributed by atoms with Gasteiger partial charge in [0.25, 0.3) is 5.91 Å². The lowest BCUT2D eigenvalue weighted by molar-refractivity contribution is -0.125. The number of rotatable bonds is 4. The zero-order chi connectivity index (χ0) is 20.3. The molecule has 0 aliphatic carbocycles. The molecule has 2 saturated heterocycles. The number of amides is 3. The van der Waals surface area contributed by atoms with E-state index in [9.17, 15) is 9.59 Å². The molecule has 3 N–H and O–H groups in total. The van der Waals surface area contributed by atoms with Crippen molar-refractivity contribution in [3.8, 4) is 0 Å². The molecule has 2 aliphatic heterocycles. The van der Waals surface area contributed by atoms with Crippen LogP contribution in [0.5, 0.6) is 0 Å². The molecule has 0 saturated carbocycles. The number of imide groups is 1. The standard InChI is InChI=1S/C19H29N7O2/c1-19(16(27)23-18(28)24-19)14-7-10-26(11-8-14)17(20-2)22-12-13-6-5-9-21-15(13)25(3)4/h5-6,9,14H,7-8,10-12H2,1-4H3,(H,20,22)(H2,23,24,27,28). The fraction of sp³-hybridized carbons (Fsp3) is 0.579. The summed E-state index contributed by atoms with van der Waals surface area (Å²) < 4.78 is 0. The summed E-state index contributed by atoms with van der Waals surface area (Å²) in [7, 11) is 5.73. The van der Waals surface area contributed by atoms with E-state index in [1.54, 1.807) is 13.2 Å². The van der Waals surface area contributed by atoms with Gasteiger partial charge in [0.1, 0.15) is 11.4 Å². The van der Waals surface area contributed by atoms with Gasteiger partial charge in [0.05, 0.1) is 0 Å². The van der Waals surface area contributed by atoms with Gasteiger partial charge in [0.2, 0.25) is 0 Å². The Kier molecular flexibility index (Phi) is 5.71. The normalized spacial score (nSPS) is 23.4. The number of urea groups is 1. The van der Waals surface area contributed by atoms with E-state index in [0.29, 0.717) is 6.54 Å². The largest absolute Gasteiger partial charge is 0.362 e. The van der Waals surface area contributed by atoms with Crippen molar-refractivity contribution in [3.05, 3.63) is 23.9 Å². The van der Waals surface area contributed by atoms with Crippen molar-refractivity contribution in [3.63, 3.8) is 0 Å². The minimum atomic E-state index is -0.823. The SMILES string of the molecule is CN=C(NCc1cccnc1N(C)C)N1CCC(C2(C)NC(=O)NC2=O)CC1. The van der Waals surface area contributed by atoms with E-state index in [1.807, 2.05) is 32.0 Å². The molecule has 0 spiro atoms. The number of carbonyl (C=O) groups is 2. The third-order valence-corrected chi connectivity index (χ3v) is 5.62. The molecule has 1 unspecified atom stereocenters. The van der Waals surface area contributed by atoms with Gasteiger partial charge in [0, 0.05) is 52.5 Å². The molecule has 152 valence electrons. The lowest BCUT2D eigenvalue weighted by Gasteiger charge is -2.39. The monoisotopic (exact) mass is 387 g/mol. The zero-order valence-electron chi connectivity index (χ0n) is 17.0. The number of nitrogens with zero attached hydrogens (tertiary/aromatic N) is 4. The summed E-state index contributed by atoms with van der Waals surface area (Å²) in [5.41, 5.74) is 0.276. The number of aliphatic imine (C=N–C) groups is 1. The van der Waals surface area contributed by atoms with Gasteiger partial charge in [-0.2, -0.15) is 0 Å². The summed E-state index contributed by atoms with van der Waals surface area (Å²) in [5.74, 6) is 1.63. The number of likely N-dealkylation sites (tertiary alicyclic amines) is 1. The Morgan fingerprint density at radius 2 is 2.11 bits per heavy atom. The van der Waals surface area contributed by atoms with E-state index in [4.69, 9.17) is 0 Å². The lowest BCUT2D eigenvalue weighted by Crippen LogP contribution is -2.55. The molecule has 2 aliphatic rings. The molecule has 9 nitrogen and oxygen atoms in total. The molecule has 1 atom stereocenters. The summed E-state index contributed by atoms with van der Waals surface area (Å²) in [5, 5.41) is 8.57. The quantitative estimate of drug-likeness (QED) is 0.396. The minimum absolute atomic E-state index is 0.104. The van der Waals surface area contributed by atoms with Crippen LogP contribution < -0.4 is 20.9 Å². The van der Waals surface area contributed by atoms with Crippen LogP contribution in [0.15, 0.2) is 23.3 Å². The van der Waals surface area contributed by atoms with Crippen LogP contribution in [0, 0.1) is 5.92 Å². The Hall–Kier alpha value is -2.84. The molecule has 1 aromatic rings. The van der Waals surface area contributed by atoms with Gasteiger partial charge in [-0.25, -0.2) is 9.78 Å². The number of anilines is 1. The van der Waals surface area contributed by atoms with Gasteiger partial charge < -0.3 is 20.4 Å². The number of hydrogen-bond donors (Lipinski definition) is 3. The van der Waals surface area contributed by atoms with E-state index in [-0.39, 0.29) is 11.8 Å². The fourth-order valence-corrected chi connectivity index (χ4v) is 3.99. The van der Waals surface area contributed by atoms with Gasteiger partial charge in [-0.15, -0.1) is 0 Å². The minimum Gasteiger partial charge on any atom is -0.362 e. The Labute approximate surface area is 165 Å². The molecule has 28 heavy (non-hydrogen) atoms. The third-order valence-electron chi connectivity index (χ3n) is 5.62. The number of nitrogens with one attached hydrogen (secondary N) is 3. The summed E-state index contributed by atoms with van der Waals surface area (Å²) in [6.45, 7) is 3.99. The van der Waals surface area contributed by atoms with Gasteiger partial charge in [-0.05, 0) is 31.7 Å². The zero-order valence-corrected chi connectivity index (χ0v) is 17.0. The number of hydrogen-bond acceptors (Lipinski definition) is 5. The van der Waals surface area contributed by atoms with Crippen LogP contribution in [0.3, 0.4) is 0 Å². The second kappa shape index (κ2) is 8.04. The van der Waals surface area contributed by atoms with Crippen molar-refractivity contribution in [2.45, 2.75) is 31.8 Å². The average molecular weight is 387 g/mol. The smallest absolute Gasteiger partial charge is 0.322 e. The number of piperidine rings is 1. The molecular weight excluding hydrogens is 358 g/mol. The molecule has 9 heteroatoms. The van der Waals surface area contributed by atoms with E-state index >= 15 is 0 Å². The molecule has 2 fully saturated rings. The number of pyridine rings is 1. The molecule has 0 radical (unpaired) electrons. The Morgan fingerprint density at radius 1 is 1.39 bits per heavy atom. The highest BCUT2D eigenvalue weighted by Gasteiger charge is 2.48. The Morgan fingerprint density at radius 3 is 2.68 bits per heavy atom. The van der Waals surface area contributed by atoms with Crippen molar-refractivity contribution in [2.75, 3.05) is 39.1 Å². The van der Waals surface area contributed by atoms with Crippen molar-refractivity contribution in [1.29, 1.82) is 0 Å². The topological polar surface area (TPSA) is 102 Å². The number of carbonyl (C=O) groups excluding carboxylic acids is 2. The summed E-state index contributed by atoms with van der Waals surface area (Å²) >= 11 is 0. The number of guanidine groups is 1. The van der Waals surface area contributed by atoms with Gasteiger partial charge >= 0.3 is 6.03 Å². The highest BCUT2D eigenvalue weighted by molar-refractivity contribution is 6.07. The van der Waals surface area contributed by atoms with E-state index < -0.39 is 11.6 Å². The van der Waals surface area contributed by atoms with E-state index in [0.717, 1.165) is 43.3 Å². The maximum absolute atomic E-state index is 12.2. The van der Waals surface area contributed by atoms with Crippen molar-refractivity contribution in [1.82, 2.24) is 25.8 Å². The van der Waals surface area contributed by atoms with Crippen molar-refractivity contribution in [2.24, 2.45) is 10.9 Å². The highest BCUT2D eigenvalue weighted by atomic mass is 16.2. The maximum Gasteiger partial charge on any atom is 0.322 e. The van der Waals surface area contributed by atoms with Gasteiger partial charge in [-0.1, -0.05) is 6.07 Å². The number of aromatic nitrogens is 1. The predicted octanol–water partition coefficient (Wildman–Crippen LogP) is 0.533. The second-order valence-corrected chi connectivity index (χ2v) is 7.65. The van der Waals surface area contributed by atoms with Crippen LogP contribution in [-0.2, 0) is 11.3 Å². The molecular formula is C19H29N7O2. The molecule has 1 aromatic heterocycles. The summed E-state index contributed by atoms with van der Waals surface area (Å²) in [4.78, 5) is 36.7. The Balaban J connectivity index is 1.59. The lowest BCUT2D eigenvalue weighted by atomic mass is 9.79. The summed E-state index contributed by atoms with van der Waals surface area (Å²) in [6.07, 6.45) is 3.40. The first kappa shape index (κ1) is 19.9. The second-order valence-electron chi connectivity index (χ2n) is 7.65. The van der Waals surface area contributed by atoms with Crippen molar-refractivity contribution >= 4 is 23.7 Å². The van der Waals surface area contributed by atoms with E-state index in [1.165, 1.54) is 0 Å². The van der Waals surface area contributed by atoms with E-state index in [2.05, 4.69) is 36.9 Å². The van der Waals surface area contributed by atoms with Crippen LogP contribution in [-0.4, -0.2) is 67.6 Å². The van der Waals surface area contributed by atoms with Crippen LogP contribution in [0.4, 0.5) is 10.6 Å². The molecule has 3 heterocycles. The van der Waals surface area contributed by atoms with Gasteiger partial charge in [0.15, 0.2) is 5.96 Å². The first-order chi connectivity index (χ1) is 13.3. The molecule has 3 amide bonds. The predicted molar refractivity (Wildman–Crippen MR) is 108 cm³/mol. The summed E-state index contributed by atoms with van der Waals surface area (Å²) in [6, 6.07) is 3.58. The average Bonchev–Trinajstić information content (AvgIpc) is 2.95.